The second-order valence-corrected chi connectivity index (χ2v) is 5.32. The Balaban J connectivity index is 2.16. The third kappa shape index (κ3) is 3.14. The maximum atomic E-state index is 5.80. The Kier molecular flexibility index (Phi) is 4.81. The maximum absolute atomic E-state index is 5.80. The number of hydrogen-bond donors (Lipinski definition) is 0. The molecule has 1 saturated heterocycles. The van der Waals surface area contributed by atoms with Crippen molar-refractivity contribution in [3.05, 3.63) is 17.6 Å². The van der Waals surface area contributed by atoms with Gasteiger partial charge in [-0.25, -0.2) is 9.97 Å². The van der Waals surface area contributed by atoms with Crippen LogP contribution in [0.2, 0.25) is 0 Å². The Bertz CT molecular complexity index is 395. The lowest BCUT2D eigenvalue weighted by molar-refractivity contribution is 0.597. The quantitative estimate of drug-likeness (QED) is 0.767. The normalized spacial score (nSPS) is 19.5. The van der Waals surface area contributed by atoms with Crippen LogP contribution in [0.15, 0.2) is 6.07 Å². The number of aromatic nitrogens is 2. The molecule has 1 aliphatic rings. The van der Waals surface area contributed by atoms with Crippen molar-refractivity contribution >= 4 is 17.4 Å². The minimum absolute atomic E-state index is 0.614. The summed E-state index contributed by atoms with van der Waals surface area (Å²) in [6.45, 7) is 5.24. The first-order chi connectivity index (χ1) is 8.74. The molecule has 0 bridgehead atoms. The van der Waals surface area contributed by atoms with E-state index in [1.54, 1.807) is 0 Å². The Morgan fingerprint density at radius 1 is 1.44 bits per heavy atom. The third-order valence-corrected chi connectivity index (χ3v) is 3.85. The van der Waals surface area contributed by atoms with E-state index in [9.17, 15) is 0 Å². The van der Waals surface area contributed by atoms with Crippen LogP contribution in [-0.4, -0.2) is 28.4 Å². The van der Waals surface area contributed by atoms with Gasteiger partial charge in [0.15, 0.2) is 0 Å². The van der Waals surface area contributed by atoms with Gasteiger partial charge >= 0.3 is 0 Å². The van der Waals surface area contributed by atoms with E-state index in [4.69, 9.17) is 11.6 Å². The average molecular weight is 268 g/mol. The standard InChI is InChI=1S/C14H22ClN3/c1-3-12-10-14(17-11(2)16-12)18-9-5-7-13(18)6-4-8-15/h10,13H,3-9H2,1-2H3. The van der Waals surface area contributed by atoms with Crippen molar-refractivity contribution < 1.29 is 0 Å². The molecule has 1 fully saturated rings. The van der Waals surface area contributed by atoms with Crippen LogP contribution in [0.1, 0.15) is 44.1 Å². The van der Waals surface area contributed by atoms with Crippen LogP contribution in [0.3, 0.4) is 0 Å². The SMILES string of the molecule is CCc1cc(N2CCCC2CCCCl)nc(C)n1. The molecule has 1 aromatic rings. The summed E-state index contributed by atoms with van der Waals surface area (Å²) in [6.07, 6.45) is 5.76. The molecule has 1 unspecified atom stereocenters. The highest BCUT2D eigenvalue weighted by molar-refractivity contribution is 6.17. The fraction of sp³-hybridized carbons (Fsp3) is 0.714. The first kappa shape index (κ1) is 13.6. The predicted octanol–water partition coefficient (Wildman–Crippen LogP) is 3.34. The van der Waals surface area contributed by atoms with Gasteiger partial charge in [0.1, 0.15) is 11.6 Å². The van der Waals surface area contributed by atoms with Crippen LogP contribution in [-0.2, 0) is 6.42 Å². The van der Waals surface area contributed by atoms with Crippen LogP contribution < -0.4 is 4.90 Å². The zero-order chi connectivity index (χ0) is 13.0. The van der Waals surface area contributed by atoms with E-state index in [1.807, 2.05) is 6.92 Å². The predicted molar refractivity (Wildman–Crippen MR) is 76.5 cm³/mol. The lowest BCUT2D eigenvalue weighted by Gasteiger charge is -2.26. The fourth-order valence-corrected chi connectivity index (χ4v) is 2.84. The third-order valence-electron chi connectivity index (χ3n) is 3.58. The topological polar surface area (TPSA) is 29.0 Å². The van der Waals surface area contributed by atoms with Crippen molar-refractivity contribution in [1.29, 1.82) is 0 Å². The number of halogens is 1. The van der Waals surface area contributed by atoms with Gasteiger partial charge in [-0.1, -0.05) is 6.92 Å². The lowest BCUT2D eigenvalue weighted by Crippen LogP contribution is -2.30. The van der Waals surface area contributed by atoms with Crippen molar-refractivity contribution in [2.45, 2.75) is 52.0 Å². The van der Waals surface area contributed by atoms with Crippen molar-refractivity contribution in [3.8, 4) is 0 Å². The van der Waals surface area contributed by atoms with E-state index >= 15 is 0 Å². The van der Waals surface area contributed by atoms with Gasteiger partial charge in [0.25, 0.3) is 0 Å². The molecule has 0 radical (unpaired) electrons. The second-order valence-electron chi connectivity index (χ2n) is 4.94. The van der Waals surface area contributed by atoms with Gasteiger partial charge in [0.05, 0.1) is 0 Å². The second kappa shape index (κ2) is 6.37. The number of hydrogen-bond acceptors (Lipinski definition) is 3. The molecule has 0 saturated carbocycles. The largest absolute Gasteiger partial charge is 0.354 e. The Labute approximate surface area is 115 Å². The Morgan fingerprint density at radius 2 is 2.28 bits per heavy atom. The van der Waals surface area contributed by atoms with Crippen LogP contribution in [0.5, 0.6) is 0 Å². The smallest absolute Gasteiger partial charge is 0.132 e. The van der Waals surface area contributed by atoms with E-state index in [0.29, 0.717) is 6.04 Å². The van der Waals surface area contributed by atoms with Crippen molar-refractivity contribution in [3.63, 3.8) is 0 Å². The summed E-state index contributed by atoms with van der Waals surface area (Å²) in [5, 5.41) is 0. The van der Waals surface area contributed by atoms with Crippen molar-refractivity contribution in [2.75, 3.05) is 17.3 Å². The highest BCUT2D eigenvalue weighted by atomic mass is 35.5. The fourth-order valence-electron chi connectivity index (χ4n) is 2.69. The number of alkyl halides is 1. The number of rotatable bonds is 5. The number of anilines is 1. The summed E-state index contributed by atoms with van der Waals surface area (Å²) in [7, 11) is 0. The molecule has 0 aromatic carbocycles. The van der Waals surface area contributed by atoms with Crippen molar-refractivity contribution in [1.82, 2.24) is 9.97 Å². The van der Waals surface area contributed by atoms with Gasteiger partial charge in [-0.2, -0.15) is 0 Å². The minimum atomic E-state index is 0.614. The van der Waals surface area contributed by atoms with Crippen molar-refractivity contribution in [2.24, 2.45) is 0 Å². The monoisotopic (exact) mass is 267 g/mol. The molecule has 0 N–H and O–H groups in total. The molecular formula is C14H22ClN3. The molecule has 1 aliphatic heterocycles. The first-order valence-corrected chi connectivity index (χ1v) is 7.45. The minimum Gasteiger partial charge on any atom is -0.354 e. The molecule has 18 heavy (non-hydrogen) atoms. The molecule has 100 valence electrons. The van der Waals surface area contributed by atoms with Gasteiger partial charge in [0, 0.05) is 30.2 Å². The zero-order valence-corrected chi connectivity index (χ0v) is 12.1. The van der Waals surface area contributed by atoms with Gasteiger partial charge in [-0.05, 0) is 39.0 Å². The molecule has 3 nitrogen and oxygen atoms in total. The number of aryl methyl sites for hydroxylation is 2. The lowest BCUT2D eigenvalue weighted by atomic mass is 10.1. The van der Waals surface area contributed by atoms with E-state index < -0.39 is 0 Å². The number of nitrogens with zero attached hydrogens (tertiary/aromatic N) is 3. The summed E-state index contributed by atoms with van der Waals surface area (Å²) >= 11 is 5.80. The van der Waals surface area contributed by atoms with Gasteiger partial charge < -0.3 is 4.90 Å². The molecule has 0 spiro atoms. The van der Waals surface area contributed by atoms with Crippen LogP contribution in [0, 0.1) is 6.92 Å². The molecular weight excluding hydrogens is 246 g/mol. The summed E-state index contributed by atoms with van der Waals surface area (Å²) < 4.78 is 0. The van der Waals surface area contributed by atoms with Gasteiger partial charge in [-0.15, -0.1) is 11.6 Å². The molecule has 4 heteroatoms. The highest BCUT2D eigenvalue weighted by Crippen LogP contribution is 2.27. The van der Waals surface area contributed by atoms with E-state index in [2.05, 4.69) is 27.9 Å². The Morgan fingerprint density at radius 3 is 3.00 bits per heavy atom. The molecule has 2 heterocycles. The molecule has 2 rings (SSSR count). The maximum Gasteiger partial charge on any atom is 0.132 e. The van der Waals surface area contributed by atoms with E-state index in [1.165, 1.54) is 19.3 Å². The van der Waals surface area contributed by atoms with Gasteiger partial charge in [0.2, 0.25) is 0 Å². The van der Waals surface area contributed by atoms with Crippen LogP contribution >= 0.6 is 11.6 Å². The molecule has 0 amide bonds. The summed E-state index contributed by atoms with van der Waals surface area (Å²) in [5.41, 5.74) is 1.14. The average Bonchev–Trinajstić information content (AvgIpc) is 2.83. The molecule has 1 aromatic heterocycles. The zero-order valence-electron chi connectivity index (χ0n) is 11.3. The van der Waals surface area contributed by atoms with E-state index in [-0.39, 0.29) is 0 Å². The summed E-state index contributed by atoms with van der Waals surface area (Å²) in [6, 6.07) is 2.76. The van der Waals surface area contributed by atoms with Crippen LogP contribution in [0.25, 0.3) is 0 Å². The molecule has 1 atom stereocenters. The Hall–Kier alpha value is -0.830. The molecule has 0 aliphatic carbocycles. The van der Waals surface area contributed by atoms with E-state index in [0.717, 1.165) is 42.6 Å². The van der Waals surface area contributed by atoms with Crippen LogP contribution in [0.4, 0.5) is 5.82 Å². The van der Waals surface area contributed by atoms with Gasteiger partial charge in [-0.3, -0.25) is 0 Å². The first-order valence-electron chi connectivity index (χ1n) is 6.91. The highest BCUT2D eigenvalue weighted by Gasteiger charge is 2.25. The summed E-state index contributed by atoms with van der Waals surface area (Å²) in [5.74, 6) is 2.75. The summed E-state index contributed by atoms with van der Waals surface area (Å²) in [4.78, 5) is 11.5.